The van der Waals surface area contributed by atoms with Gasteiger partial charge in [0.1, 0.15) is 17.1 Å². The van der Waals surface area contributed by atoms with Gasteiger partial charge in [-0.3, -0.25) is 4.79 Å². The van der Waals surface area contributed by atoms with E-state index in [-0.39, 0.29) is 23.6 Å². The lowest BCUT2D eigenvalue weighted by molar-refractivity contribution is -0.274. The number of ether oxygens (including phenoxy) is 2. The molecule has 0 fully saturated rings. The summed E-state index contributed by atoms with van der Waals surface area (Å²) in [6, 6.07) is 12.2. The smallest absolute Gasteiger partial charge is 0.497 e. The lowest BCUT2D eigenvalue weighted by Gasteiger charge is -2.09. The van der Waals surface area contributed by atoms with Crippen LogP contribution in [0, 0.1) is 6.92 Å². The molecule has 0 spiro atoms. The van der Waals surface area contributed by atoms with Crippen LogP contribution < -0.4 is 14.8 Å². The highest BCUT2D eigenvalue weighted by atomic mass is 19.4. The number of hydrogen-bond donors (Lipinski definition) is 1. The number of halogens is 3. The van der Waals surface area contributed by atoms with Crippen LogP contribution >= 0.6 is 0 Å². The van der Waals surface area contributed by atoms with Crippen LogP contribution in [0.4, 0.5) is 13.2 Å². The van der Waals surface area contributed by atoms with Crippen molar-refractivity contribution in [1.29, 1.82) is 0 Å². The van der Waals surface area contributed by atoms with Crippen molar-refractivity contribution in [2.24, 2.45) is 0 Å². The molecule has 0 unspecified atom stereocenters. The van der Waals surface area contributed by atoms with Crippen LogP contribution in [0.15, 0.2) is 53.1 Å². The summed E-state index contributed by atoms with van der Waals surface area (Å²) in [6.45, 7) is 1.88. The zero-order valence-electron chi connectivity index (χ0n) is 15.5. The van der Waals surface area contributed by atoms with E-state index in [1.165, 1.54) is 12.1 Å². The van der Waals surface area contributed by atoms with E-state index in [1.54, 1.807) is 26.2 Å². The molecule has 3 rings (SSSR count). The Morgan fingerprint density at radius 3 is 2.28 bits per heavy atom. The summed E-state index contributed by atoms with van der Waals surface area (Å²) in [4.78, 5) is 12.7. The van der Waals surface area contributed by atoms with Crippen molar-refractivity contribution in [2.45, 2.75) is 19.8 Å². The van der Waals surface area contributed by atoms with Gasteiger partial charge in [-0.2, -0.15) is 0 Å². The largest absolute Gasteiger partial charge is 0.573 e. The summed E-state index contributed by atoms with van der Waals surface area (Å²) in [5.41, 5.74) is 1.84. The number of rotatable bonds is 6. The lowest BCUT2D eigenvalue weighted by atomic mass is 10.1. The maximum Gasteiger partial charge on any atom is 0.573 e. The number of hydrogen-bond acceptors (Lipinski definition) is 5. The first kappa shape index (κ1) is 20.2. The molecule has 1 amide bonds. The molecule has 3 aromatic rings. The summed E-state index contributed by atoms with van der Waals surface area (Å²) < 4.78 is 51.1. The Balaban J connectivity index is 1.75. The van der Waals surface area contributed by atoms with E-state index < -0.39 is 12.3 Å². The van der Waals surface area contributed by atoms with Crippen molar-refractivity contribution in [1.82, 2.24) is 10.5 Å². The van der Waals surface area contributed by atoms with Gasteiger partial charge in [-0.05, 0) is 48.9 Å². The first-order chi connectivity index (χ1) is 13.8. The minimum atomic E-state index is -4.78. The highest BCUT2D eigenvalue weighted by molar-refractivity contribution is 6.00. The van der Waals surface area contributed by atoms with Crippen molar-refractivity contribution in [3.05, 3.63) is 65.4 Å². The molecule has 0 bridgehead atoms. The number of aryl methyl sites for hydroxylation is 1. The van der Waals surface area contributed by atoms with Crippen LogP contribution in [-0.2, 0) is 6.54 Å². The van der Waals surface area contributed by atoms with Gasteiger partial charge in [0.15, 0.2) is 5.76 Å². The predicted octanol–water partition coefficient (Wildman–Crippen LogP) is 4.49. The van der Waals surface area contributed by atoms with Gasteiger partial charge in [-0.25, -0.2) is 0 Å². The van der Waals surface area contributed by atoms with E-state index in [4.69, 9.17) is 9.26 Å². The fourth-order valence-corrected chi connectivity index (χ4v) is 2.66. The van der Waals surface area contributed by atoms with Crippen molar-refractivity contribution in [2.75, 3.05) is 7.11 Å². The zero-order valence-corrected chi connectivity index (χ0v) is 15.5. The first-order valence-electron chi connectivity index (χ1n) is 8.50. The van der Waals surface area contributed by atoms with Crippen LogP contribution in [0.2, 0.25) is 0 Å². The topological polar surface area (TPSA) is 73.6 Å². The highest BCUT2D eigenvalue weighted by Gasteiger charge is 2.31. The van der Waals surface area contributed by atoms with Crippen LogP contribution in [0.3, 0.4) is 0 Å². The summed E-state index contributed by atoms with van der Waals surface area (Å²) in [5.74, 6) is 0.0802. The monoisotopic (exact) mass is 406 g/mol. The number of alkyl halides is 3. The summed E-state index contributed by atoms with van der Waals surface area (Å²) >= 11 is 0. The molecule has 9 heteroatoms. The highest BCUT2D eigenvalue weighted by Crippen LogP contribution is 2.29. The molecule has 1 N–H and O–H groups in total. The number of carbonyl (C=O) groups excluding carboxylic acids is 1. The molecule has 1 aromatic heterocycles. The molecular weight excluding hydrogens is 389 g/mol. The molecule has 6 nitrogen and oxygen atoms in total. The maximum atomic E-state index is 12.7. The number of nitrogens with zero attached hydrogens (tertiary/aromatic N) is 1. The molecule has 0 radical (unpaired) electrons. The van der Waals surface area contributed by atoms with Gasteiger partial charge in [-0.1, -0.05) is 17.3 Å². The van der Waals surface area contributed by atoms with E-state index in [9.17, 15) is 18.0 Å². The second-order valence-corrected chi connectivity index (χ2v) is 6.08. The third-order valence-corrected chi connectivity index (χ3v) is 4.05. The van der Waals surface area contributed by atoms with Crippen molar-refractivity contribution >= 4 is 5.91 Å². The van der Waals surface area contributed by atoms with Crippen LogP contribution in [0.1, 0.15) is 21.6 Å². The number of aromatic nitrogens is 1. The fraction of sp³-hybridized carbons (Fsp3) is 0.200. The molecule has 0 saturated heterocycles. The summed E-state index contributed by atoms with van der Waals surface area (Å²) in [7, 11) is 1.56. The zero-order chi connectivity index (χ0) is 21.0. The quantitative estimate of drug-likeness (QED) is 0.653. The van der Waals surface area contributed by atoms with E-state index >= 15 is 0 Å². The predicted molar refractivity (Wildman–Crippen MR) is 97.5 cm³/mol. The number of methoxy groups -OCH3 is 1. The van der Waals surface area contributed by atoms with Crippen molar-refractivity contribution in [3.63, 3.8) is 0 Å². The SMILES string of the molecule is COc1ccc(CNC(=O)c2c(C)noc2-c2ccc(OC(F)(F)F)cc2)cc1. The Labute approximate surface area is 164 Å². The van der Waals surface area contributed by atoms with Gasteiger partial charge in [0, 0.05) is 12.1 Å². The summed E-state index contributed by atoms with van der Waals surface area (Å²) in [5, 5.41) is 6.59. The molecule has 0 aliphatic carbocycles. The number of carbonyl (C=O) groups is 1. The third-order valence-electron chi connectivity index (χ3n) is 4.05. The number of benzene rings is 2. The van der Waals surface area contributed by atoms with Gasteiger partial charge in [0.25, 0.3) is 5.91 Å². The second kappa shape index (κ2) is 8.26. The number of amides is 1. The Morgan fingerprint density at radius 1 is 1.07 bits per heavy atom. The Kier molecular flexibility index (Phi) is 5.76. The molecular formula is C20H17F3N2O4. The van der Waals surface area contributed by atoms with Gasteiger partial charge < -0.3 is 19.3 Å². The molecule has 1 heterocycles. The van der Waals surface area contributed by atoms with Gasteiger partial charge in [0.2, 0.25) is 0 Å². The minimum absolute atomic E-state index is 0.160. The molecule has 0 aliphatic heterocycles. The van der Waals surface area contributed by atoms with Crippen molar-refractivity contribution < 1.29 is 32.0 Å². The minimum Gasteiger partial charge on any atom is -0.497 e. The Bertz CT molecular complexity index is 980. The molecule has 0 aliphatic rings. The second-order valence-electron chi connectivity index (χ2n) is 6.08. The molecule has 152 valence electrons. The first-order valence-corrected chi connectivity index (χ1v) is 8.50. The normalized spacial score (nSPS) is 11.2. The maximum absolute atomic E-state index is 12.7. The van der Waals surface area contributed by atoms with Gasteiger partial charge >= 0.3 is 6.36 Å². The van der Waals surface area contributed by atoms with Gasteiger partial charge in [0.05, 0.1) is 12.8 Å². The van der Waals surface area contributed by atoms with E-state index in [1.807, 2.05) is 12.1 Å². The van der Waals surface area contributed by atoms with Crippen LogP contribution in [0.5, 0.6) is 11.5 Å². The van der Waals surface area contributed by atoms with Crippen molar-refractivity contribution in [3.8, 4) is 22.8 Å². The van der Waals surface area contributed by atoms with Crippen LogP contribution in [0.25, 0.3) is 11.3 Å². The molecule has 2 aromatic carbocycles. The fourth-order valence-electron chi connectivity index (χ4n) is 2.66. The summed E-state index contributed by atoms with van der Waals surface area (Å²) in [6.07, 6.45) is -4.78. The third kappa shape index (κ3) is 5.07. The molecule has 29 heavy (non-hydrogen) atoms. The van der Waals surface area contributed by atoms with Gasteiger partial charge in [-0.15, -0.1) is 13.2 Å². The van der Waals surface area contributed by atoms with E-state index in [2.05, 4.69) is 15.2 Å². The number of nitrogens with one attached hydrogen (secondary N) is 1. The van der Waals surface area contributed by atoms with E-state index in [0.29, 0.717) is 17.0 Å². The van der Waals surface area contributed by atoms with Crippen LogP contribution in [-0.4, -0.2) is 24.5 Å². The van der Waals surface area contributed by atoms with E-state index in [0.717, 1.165) is 17.7 Å². The average molecular weight is 406 g/mol. The Hall–Kier alpha value is -3.49. The molecule has 0 saturated carbocycles. The lowest BCUT2D eigenvalue weighted by Crippen LogP contribution is -2.23. The molecule has 0 atom stereocenters. The standard InChI is InChI=1S/C20H17F3N2O4/c1-12-17(19(26)24-11-13-3-7-15(27-2)8-4-13)18(29-25-12)14-5-9-16(10-6-14)28-20(21,22)23/h3-10H,11H2,1-2H3,(H,24,26). The Morgan fingerprint density at radius 2 is 1.69 bits per heavy atom. The average Bonchev–Trinajstić information content (AvgIpc) is 3.07.